The summed E-state index contributed by atoms with van der Waals surface area (Å²) in [5.41, 5.74) is 7.95. The molecule has 2 N–H and O–H groups in total. The van der Waals surface area contributed by atoms with Gasteiger partial charge in [-0.1, -0.05) is 44.5 Å². The molecule has 1 aromatic rings. The second-order valence-electron chi connectivity index (χ2n) is 4.45. The number of hydrogen-bond acceptors (Lipinski definition) is 3. The Morgan fingerprint density at radius 2 is 2.06 bits per heavy atom. The Bertz CT molecular complexity index is 376. The van der Waals surface area contributed by atoms with Crippen LogP contribution in [0.3, 0.4) is 0 Å². The van der Waals surface area contributed by atoms with Crippen molar-refractivity contribution in [3.63, 3.8) is 0 Å². The first-order valence-corrected chi connectivity index (χ1v) is 6.03. The second kappa shape index (κ2) is 6.40. The highest BCUT2D eigenvalue weighted by atomic mass is 16.5. The van der Waals surface area contributed by atoms with Gasteiger partial charge in [-0.05, 0) is 24.0 Å². The third-order valence-electron chi connectivity index (χ3n) is 3.16. The lowest BCUT2D eigenvalue weighted by molar-refractivity contribution is -0.147. The SMILES string of the molecule is CCC(C)C(N)C(=O)OCc1ccccc1C. The van der Waals surface area contributed by atoms with Crippen LogP contribution in [0.25, 0.3) is 0 Å². The highest BCUT2D eigenvalue weighted by Crippen LogP contribution is 2.11. The van der Waals surface area contributed by atoms with Crippen LogP contribution in [0.1, 0.15) is 31.4 Å². The summed E-state index contributed by atoms with van der Waals surface area (Å²) in [7, 11) is 0. The number of aryl methyl sites for hydroxylation is 1. The quantitative estimate of drug-likeness (QED) is 0.797. The van der Waals surface area contributed by atoms with Crippen LogP contribution in [0.5, 0.6) is 0 Å². The van der Waals surface area contributed by atoms with Gasteiger partial charge in [-0.2, -0.15) is 0 Å². The van der Waals surface area contributed by atoms with Crippen LogP contribution in [-0.2, 0) is 16.1 Å². The molecule has 2 unspecified atom stereocenters. The van der Waals surface area contributed by atoms with Gasteiger partial charge < -0.3 is 10.5 Å². The molecule has 0 saturated heterocycles. The first-order valence-electron chi connectivity index (χ1n) is 6.03. The van der Waals surface area contributed by atoms with Gasteiger partial charge in [0, 0.05) is 0 Å². The minimum absolute atomic E-state index is 0.152. The van der Waals surface area contributed by atoms with Gasteiger partial charge >= 0.3 is 5.97 Å². The molecule has 0 aromatic heterocycles. The summed E-state index contributed by atoms with van der Waals surface area (Å²) in [5.74, 6) is -0.165. The van der Waals surface area contributed by atoms with Gasteiger partial charge in [0.25, 0.3) is 0 Å². The number of nitrogens with two attached hydrogens (primary N) is 1. The Morgan fingerprint density at radius 1 is 1.41 bits per heavy atom. The van der Waals surface area contributed by atoms with Gasteiger partial charge in [-0.15, -0.1) is 0 Å². The summed E-state index contributed by atoms with van der Waals surface area (Å²) in [6, 6.07) is 7.33. The maximum Gasteiger partial charge on any atom is 0.323 e. The Morgan fingerprint density at radius 3 is 2.65 bits per heavy atom. The molecule has 0 spiro atoms. The molecule has 0 aliphatic heterocycles. The van der Waals surface area contributed by atoms with Gasteiger partial charge in [0.1, 0.15) is 12.6 Å². The second-order valence-corrected chi connectivity index (χ2v) is 4.45. The van der Waals surface area contributed by atoms with Crippen molar-refractivity contribution in [1.82, 2.24) is 0 Å². The molecule has 17 heavy (non-hydrogen) atoms. The van der Waals surface area contributed by atoms with Crippen LogP contribution < -0.4 is 5.73 Å². The van der Waals surface area contributed by atoms with Gasteiger partial charge in [0.2, 0.25) is 0 Å². The molecular formula is C14H21NO2. The van der Waals surface area contributed by atoms with E-state index in [0.29, 0.717) is 6.61 Å². The number of carbonyl (C=O) groups is 1. The lowest BCUT2D eigenvalue weighted by Crippen LogP contribution is -2.37. The molecule has 3 nitrogen and oxygen atoms in total. The first-order chi connectivity index (χ1) is 8.06. The molecule has 0 radical (unpaired) electrons. The normalized spacial score (nSPS) is 14.1. The fourth-order valence-corrected chi connectivity index (χ4v) is 1.50. The first kappa shape index (κ1) is 13.7. The number of rotatable bonds is 5. The van der Waals surface area contributed by atoms with Crippen LogP contribution in [0.15, 0.2) is 24.3 Å². The van der Waals surface area contributed by atoms with Crippen LogP contribution >= 0.6 is 0 Å². The summed E-state index contributed by atoms with van der Waals surface area (Å²) < 4.78 is 5.23. The van der Waals surface area contributed by atoms with E-state index >= 15 is 0 Å². The molecule has 1 rings (SSSR count). The minimum atomic E-state index is -0.524. The predicted molar refractivity (Wildman–Crippen MR) is 68.4 cm³/mol. The molecule has 0 bridgehead atoms. The summed E-state index contributed by atoms with van der Waals surface area (Å²) in [6.45, 7) is 6.27. The van der Waals surface area contributed by atoms with Crippen molar-refractivity contribution in [1.29, 1.82) is 0 Å². The van der Waals surface area contributed by atoms with E-state index in [9.17, 15) is 4.79 Å². The van der Waals surface area contributed by atoms with E-state index in [4.69, 9.17) is 10.5 Å². The van der Waals surface area contributed by atoms with Crippen LogP contribution in [-0.4, -0.2) is 12.0 Å². The molecule has 0 saturated carbocycles. The van der Waals surface area contributed by atoms with Crippen molar-refractivity contribution >= 4 is 5.97 Å². The lowest BCUT2D eigenvalue weighted by atomic mass is 10.0. The maximum atomic E-state index is 11.7. The zero-order valence-electron chi connectivity index (χ0n) is 10.8. The summed E-state index contributed by atoms with van der Waals surface area (Å²) in [5, 5.41) is 0. The molecule has 0 amide bonds. The molecule has 0 fully saturated rings. The van der Waals surface area contributed by atoms with E-state index in [1.807, 2.05) is 45.0 Å². The third kappa shape index (κ3) is 3.86. The van der Waals surface area contributed by atoms with Gasteiger partial charge in [-0.25, -0.2) is 0 Å². The van der Waals surface area contributed by atoms with E-state index < -0.39 is 6.04 Å². The maximum absolute atomic E-state index is 11.7. The summed E-state index contributed by atoms with van der Waals surface area (Å²) in [4.78, 5) is 11.7. The molecule has 1 aromatic carbocycles. The van der Waals surface area contributed by atoms with Crippen molar-refractivity contribution in [3.8, 4) is 0 Å². The molecule has 0 aliphatic rings. The number of benzene rings is 1. The molecule has 0 aliphatic carbocycles. The van der Waals surface area contributed by atoms with Crippen LogP contribution in [0.2, 0.25) is 0 Å². The van der Waals surface area contributed by atoms with Crippen LogP contribution in [0, 0.1) is 12.8 Å². The number of carbonyl (C=O) groups excluding carboxylic acids is 1. The fraction of sp³-hybridized carbons (Fsp3) is 0.500. The zero-order chi connectivity index (χ0) is 12.8. The predicted octanol–water partition coefficient (Wildman–Crippen LogP) is 2.41. The van der Waals surface area contributed by atoms with Crippen molar-refractivity contribution in [2.75, 3.05) is 0 Å². The van der Waals surface area contributed by atoms with Crippen molar-refractivity contribution in [2.24, 2.45) is 11.7 Å². The van der Waals surface area contributed by atoms with Gasteiger partial charge in [0.15, 0.2) is 0 Å². The van der Waals surface area contributed by atoms with Gasteiger partial charge in [0.05, 0.1) is 0 Å². The molecule has 2 atom stereocenters. The lowest BCUT2D eigenvalue weighted by Gasteiger charge is -2.17. The topological polar surface area (TPSA) is 52.3 Å². The molecule has 0 heterocycles. The Hall–Kier alpha value is -1.35. The van der Waals surface area contributed by atoms with Crippen LogP contribution in [0.4, 0.5) is 0 Å². The van der Waals surface area contributed by atoms with E-state index in [0.717, 1.165) is 17.5 Å². The number of hydrogen-bond donors (Lipinski definition) is 1. The third-order valence-corrected chi connectivity index (χ3v) is 3.16. The average molecular weight is 235 g/mol. The Kier molecular flexibility index (Phi) is 5.16. The highest BCUT2D eigenvalue weighted by Gasteiger charge is 2.20. The minimum Gasteiger partial charge on any atom is -0.460 e. The van der Waals surface area contributed by atoms with E-state index in [1.165, 1.54) is 0 Å². The van der Waals surface area contributed by atoms with Crippen molar-refractivity contribution in [2.45, 2.75) is 39.8 Å². The molecule has 3 heteroatoms. The largest absolute Gasteiger partial charge is 0.460 e. The fourth-order valence-electron chi connectivity index (χ4n) is 1.50. The highest BCUT2D eigenvalue weighted by molar-refractivity contribution is 5.75. The average Bonchev–Trinajstić information content (AvgIpc) is 2.35. The molecular weight excluding hydrogens is 214 g/mol. The van der Waals surface area contributed by atoms with E-state index in [1.54, 1.807) is 0 Å². The zero-order valence-corrected chi connectivity index (χ0v) is 10.8. The monoisotopic (exact) mass is 235 g/mol. The molecule has 94 valence electrons. The van der Waals surface area contributed by atoms with E-state index in [-0.39, 0.29) is 11.9 Å². The Labute approximate surface area is 103 Å². The summed E-state index contributed by atoms with van der Waals surface area (Å²) >= 11 is 0. The van der Waals surface area contributed by atoms with Gasteiger partial charge in [-0.3, -0.25) is 4.79 Å². The van der Waals surface area contributed by atoms with Crippen molar-refractivity contribution in [3.05, 3.63) is 35.4 Å². The number of ether oxygens (including phenoxy) is 1. The summed E-state index contributed by atoms with van der Waals surface area (Å²) in [6.07, 6.45) is 0.876. The number of esters is 1. The smallest absolute Gasteiger partial charge is 0.323 e. The Balaban J connectivity index is 2.51. The standard InChI is InChI=1S/C14H21NO2/c1-4-10(2)13(15)14(16)17-9-12-8-6-5-7-11(12)3/h5-8,10,13H,4,9,15H2,1-3H3. The van der Waals surface area contributed by atoms with E-state index in [2.05, 4.69) is 0 Å². The van der Waals surface area contributed by atoms with Crippen molar-refractivity contribution < 1.29 is 9.53 Å².